The highest BCUT2D eigenvalue weighted by Gasteiger charge is 2.23. The van der Waals surface area contributed by atoms with E-state index in [1.54, 1.807) is 13.8 Å². The SMILES string of the molecule is CC(C)C(NC(=O)CNC(=O)C(N)CCC(N)=O)C(=O)O. The first kappa shape index (κ1) is 18.8. The van der Waals surface area contributed by atoms with Crippen molar-refractivity contribution in [1.82, 2.24) is 10.6 Å². The molecule has 0 rings (SSSR count). The molecule has 0 aromatic carbocycles. The van der Waals surface area contributed by atoms with E-state index >= 15 is 0 Å². The third-order valence-corrected chi connectivity index (χ3v) is 2.71. The number of carbonyl (C=O) groups excluding carboxylic acids is 3. The number of primary amides is 1. The minimum Gasteiger partial charge on any atom is -0.480 e. The molecule has 0 radical (unpaired) electrons. The average molecular weight is 302 g/mol. The molecule has 2 unspecified atom stereocenters. The molecule has 0 fully saturated rings. The Balaban J connectivity index is 4.20. The molecule has 0 aliphatic carbocycles. The van der Waals surface area contributed by atoms with E-state index in [1.807, 2.05) is 0 Å². The molecular weight excluding hydrogens is 280 g/mol. The smallest absolute Gasteiger partial charge is 0.326 e. The fourth-order valence-corrected chi connectivity index (χ4v) is 1.47. The minimum absolute atomic E-state index is 0.0325. The maximum atomic E-state index is 11.6. The lowest BCUT2D eigenvalue weighted by Crippen LogP contribution is -2.50. The van der Waals surface area contributed by atoms with Crippen LogP contribution in [-0.2, 0) is 19.2 Å². The van der Waals surface area contributed by atoms with Gasteiger partial charge in [-0.05, 0) is 12.3 Å². The van der Waals surface area contributed by atoms with Crippen LogP contribution in [0, 0.1) is 5.92 Å². The summed E-state index contributed by atoms with van der Waals surface area (Å²) < 4.78 is 0. The number of rotatable bonds is 9. The van der Waals surface area contributed by atoms with E-state index < -0.39 is 35.8 Å². The van der Waals surface area contributed by atoms with Crippen LogP contribution in [0.2, 0.25) is 0 Å². The predicted molar refractivity (Wildman–Crippen MR) is 73.8 cm³/mol. The molecular formula is C12H22N4O5. The Hall–Kier alpha value is -2.16. The number of carboxylic acids is 1. The van der Waals surface area contributed by atoms with Gasteiger partial charge >= 0.3 is 5.97 Å². The first-order valence-electron chi connectivity index (χ1n) is 6.49. The molecule has 0 aliphatic rings. The van der Waals surface area contributed by atoms with Gasteiger partial charge in [0, 0.05) is 6.42 Å². The van der Waals surface area contributed by atoms with Gasteiger partial charge < -0.3 is 27.2 Å². The van der Waals surface area contributed by atoms with Gasteiger partial charge in [-0.3, -0.25) is 14.4 Å². The van der Waals surface area contributed by atoms with Gasteiger partial charge in [-0.25, -0.2) is 4.79 Å². The summed E-state index contributed by atoms with van der Waals surface area (Å²) in [7, 11) is 0. The summed E-state index contributed by atoms with van der Waals surface area (Å²) in [6.07, 6.45) is 0.0434. The average Bonchev–Trinajstić information content (AvgIpc) is 2.38. The summed E-state index contributed by atoms with van der Waals surface area (Å²) in [5.74, 6) is -3.26. The standard InChI is InChI=1S/C12H22N4O5/c1-6(2)10(12(20)21)16-9(18)5-15-11(19)7(13)3-4-8(14)17/h6-7,10H,3-5,13H2,1-2H3,(H2,14,17)(H,15,19)(H,16,18)(H,20,21). The summed E-state index contributed by atoms with van der Waals surface area (Å²) in [6.45, 7) is 2.91. The molecule has 0 saturated heterocycles. The normalized spacial score (nSPS) is 13.3. The van der Waals surface area contributed by atoms with Crippen LogP contribution in [0.1, 0.15) is 26.7 Å². The second-order valence-electron chi connectivity index (χ2n) is 4.96. The van der Waals surface area contributed by atoms with Crippen LogP contribution in [0.15, 0.2) is 0 Å². The molecule has 9 nitrogen and oxygen atoms in total. The third-order valence-electron chi connectivity index (χ3n) is 2.71. The zero-order valence-corrected chi connectivity index (χ0v) is 12.1. The Kier molecular flexibility index (Phi) is 7.99. The molecule has 0 bridgehead atoms. The van der Waals surface area contributed by atoms with E-state index in [-0.39, 0.29) is 25.3 Å². The van der Waals surface area contributed by atoms with Gasteiger partial charge in [0.2, 0.25) is 17.7 Å². The molecule has 3 amide bonds. The molecule has 0 saturated carbocycles. The molecule has 0 heterocycles. The maximum absolute atomic E-state index is 11.6. The van der Waals surface area contributed by atoms with E-state index in [1.165, 1.54) is 0 Å². The highest BCUT2D eigenvalue weighted by atomic mass is 16.4. The molecule has 0 spiro atoms. The van der Waals surface area contributed by atoms with Gasteiger partial charge in [-0.2, -0.15) is 0 Å². The molecule has 0 aromatic rings. The van der Waals surface area contributed by atoms with Crippen LogP contribution in [0.25, 0.3) is 0 Å². The summed E-state index contributed by atoms with van der Waals surface area (Å²) in [5.41, 5.74) is 10.4. The number of carboxylic acid groups (broad SMARTS) is 1. The highest BCUT2D eigenvalue weighted by molar-refractivity contribution is 5.89. The van der Waals surface area contributed by atoms with E-state index in [4.69, 9.17) is 16.6 Å². The van der Waals surface area contributed by atoms with Crippen molar-refractivity contribution in [1.29, 1.82) is 0 Å². The Bertz CT molecular complexity index is 410. The van der Waals surface area contributed by atoms with Crippen molar-refractivity contribution in [2.45, 2.75) is 38.8 Å². The first-order chi connectivity index (χ1) is 9.65. The summed E-state index contributed by atoms with van der Waals surface area (Å²) >= 11 is 0. The van der Waals surface area contributed by atoms with Gasteiger partial charge in [0.25, 0.3) is 0 Å². The first-order valence-corrected chi connectivity index (χ1v) is 6.49. The summed E-state index contributed by atoms with van der Waals surface area (Å²) in [6, 6.07) is -1.98. The fourth-order valence-electron chi connectivity index (χ4n) is 1.47. The number of hydrogen-bond donors (Lipinski definition) is 5. The number of amides is 3. The van der Waals surface area contributed by atoms with Gasteiger partial charge in [0.05, 0.1) is 12.6 Å². The van der Waals surface area contributed by atoms with E-state index in [0.717, 1.165) is 0 Å². The van der Waals surface area contributed by atoms with Crippen LogP contribution in [0.4, 0.5) is 0 Å². The molecule has 9 heteroatoms. The van der Waals surface area contributed by atoms with Crippen molar-refractivity contribution >= 4 is 23.7 Å². The predicted octanol–water partition coefficient (Wildman–Crippen LogP) is -2.08. The molecule has 21 heavy (non-hydrogen) atoms. The minimum atomic E-state index is -1.15. The van der Waals surface area contributed by atoms with E-state index in [0.29, 0.717) is 0 Å². The van der Waals surface area contributed by atoms with Crippen molar-refractivity contribution in [2.24, 2.45) is 17.4 Å². The number of hydrogen-bond acceptors (Lipinski definition) is 5. The van der Waals surface area contributed by atoms with Crippen LogP contribution in [0.3, 0.4) is 0 Å². The van der Waals surface area contributed by atoms with Crippen molar-refractivity contribution in [2.75, 3.05) is 6.54 Å². The van der Waals surface area contributed by atoms with Crippen LogP contribution >= 0.6 is 0 Å². The summed E-state index contributed by atoms with van der Waals surface area (Å²) in [4.78, 5) is 44.5. The number of aliphatic carboxylic acids is 1. The Morgan fingerprint density at radius 3 is 2.19 bits per heavy atom. The van der Waals surface area contributed by atoms with Crippen molar-refractivity contribution in [3.8, 4) is 0 Å². The number of carbonyl (C=O) groups is 4. The highest BCUT2D eigenvalue weighted by Crippen LogP contribution is 2.01. The lowest BCUT2D eigenvalue weighted by Gasteiger charge is -2.18. The second-order valence-corrected chi connectivity index (χ2v) is 4.96. The number of nitrogens with two attached hydrogens (primary N) is 2. The van der Waals surface area contributed by atoms with Crippen LogP contribution < -0.4 is 22.1 Å². The van der Waals surface area contributed by atoms with Gasteiger partial charge in [-0.15, -0.1) is 0 Å². The lowest BCUT2D eigenvalue weighted by molar-refractivity contribution is -0.143. The quantitative estimate of drug-likeness (QED) is 0.328. The summed E-state index contributed by atoms with van der Waals surface area (Å²) in [5, 5.41) is 13.5. The van der Waals surface area contributed by atoms with Crippen molar-refractivity contribution < 1.29 is 24.3 Å². The van der Waals surface area contributed by atoms with Crippen molar-refractivity contribution in [3.63, 3.8) is 0 Å². The molecule has 120 valence electrons. The zero-order chi connectivity index (χ0) is 16.6. The van der Waals surface area contributed by atoms with E-state index in [9.17, 15) is 19.2 Å². The van der Waals surface area contributed by atoms with Crippen LogP contribution in [0.5, 0.6) is 0 Å². The van der Waals surface area contributed by atoms with Gasteiger partial charge in [-0.1, -0.05) is 13.8 Å². The molecule has 0 aromatic heterocycles. The Morgan fingerprint density at radius 1 is 1.19 bits per heavy atom. The van der Waals surface area contributed by atoms with Gasteiger partial charge in [0.15, 0.2) is 0 Å². The third kappa shape index (κ3) is 7.88. The monoisotopic (exact) mass is 302 g/mol. The van der Waals surface area contributed by atoms with Crippen LogP contribution in [-0.4, -0.2) is 47.4 Å². The number of nitrogens with one attached hydrogen (secondary N) is 2. The maximum Gasteiger partial charge on any atom is 0.326 e. The Morgan fingerprint density at radius 2 is 1.76 bits per heavy atom. The lowest BCUT2D eigenvalue weighted by atomic mass is 10.0. The Labute approximate surface area is 122 Å². The second kappa shape index (κ2) is 8.90. The zero-order valence-electron chi connectivity index (χ0n) is 12.1. The fraction of sp³-hybridized carbons (Fsp3) is 0.667. The van der Waals surface area contributed by atoms with Crippen molar-refractivity contribution in [3.05, 3.63) is 0 Å². The molecule has 0 aliphatic heterocycles. The molecule has 7 N–H and O–H groups in total. The van der Waals surface area contributed by atoms with Gasteiger partial charge in [0.1, 0.15) is 6.04 Å². The largest absolute Gasteiger partial charge is 0.480 e. The topological polar surface area (TPSA) is 165 Å². The van der Waals surface area contributed by atoms with E-state index in [2.05, 4.69) is 10.6 Å². The molecule has 2 atom stereocenters.